The van der Waals surface area contributed by atoms with Crippen LogP contribution in [0.15, 0.2) is 72.8 Å². The Labute approximate surface area is 287 Å². The second kappa shape index (κ2) is 24.1. The Hall–Kier alpha value is -3.07. The van der Waals surface area contributed by atoms with Crippen molar-refractivity contribution in [1.82, 2.24) is 0 Å². The maximum absolute atomic E-state index is 12.5. The molecule has 0 bridgehead atoms. The predicted octanol–water partition coefficient (Wildman–Crippen LogP) is 13.8. The van der Waals surface area contributed by atoms with Crippen LogP contribution < -0.4 is 4.74 Å². The number of hydrogen-bond donors (Lipinski definition) is 0. The van der Waals surface area contributed by atoms with Gasteiger partial charge in [0.2, 0.25) is 0 Å². The second-order valence-corrected chi connectivity index (χ2v) is 13.4. The van der Waals surface area contributed by atoms with Gasteiger partial charge >= 0.3 is 5.97 Å². The molecular weight excluding hydrogens is 576 g/mol. The Kier molecular flexibility index (Phi) is 19.7. The summed E-state index contributed by atoms with van der Waals surface area (Å²) in [5, 5.41) is 0. The summed E-state index contributed by atoms with van der Waals surface area (Å²) in [7, 11) is 0. The predicted molar refractivity (Wildman–Crippen MR) is 201 cm³/mol. The van der Waals surface area contributed by atoms with Crippen molar-refractivity contribution >= 4 is 5.97 Å². The molecule has 1 atom stereocenters. The Bertz CT molecular complexity index is 1210. The Morgan fingerprint density at radius 1 is 0.532 bits per heavy atom. The average Bonchev–Trinajstić information content (AvgIpc) is 3.10. The topological polar surface area (TPSA) is 35.5 Å². The number of esters is 1. The third-order valence-corrected chi connectivity index (χ3v) is 9.34. The molecule has 3 rings (SSSR count). The number of benzene rings is 3. The molecule has 0 saturated carbocycles. The van der Waals surface area contributed by atoms with Crippen molar-refractivity contribution in [3.63, 3.8) is 0 Å². The van der Waals surface area contributed by atoms with Gasteiger partial charge in [0.05, 0.1) is 6.61 Å². The van der Waals surface area contributed by atoms with Crippen molar-refractivity contribution in [3.8, 4) is 28.0 Å². The summed E-state index contributed by atoms with van der Waals surface area (Å²) in [5.41, 5.74) is 5.74. The summed E-state index contributed by atoms with van der Waals surface area (Å²) in [6.07, 6.45) is 24.8. The van der Waals surface area contributed by atoms with E-state index in [-0.39, 0.29) is 12.1 Å². The fourth-order valence-corrected chi connectivity index (χ4v) is 6.33. The summed E-state index contributed by atoms with van der Waals surface area (Å²) < 4.78 is 11.8. The van der Waals surface area contributed by atoms with Crippen molar-refractivity contribution in [3.05, 3.63) is 78.4 Å². The minimum Gasteiger partial charge on any atom is -0.494 e. The lowest BCUT2D eigenvalue weighted by molar-refractivity contribution is -0.148. The minimum absolute atomic E-state index is 0.0907. The molecule has 0 heterocycles. The monoisotopic (exact) mass is 640 g/mol. The molecule has 0 aromatic heterocycles. The van der Waals surface area contributed by atoms with Gasteiger partial charge in [-0.15, -0.1) is 0 Å². The molecule has 0 saturated heterocycles. The summed E-state index contributed by atoms with van der Waals surface area (Å²) >= 11 is 0. The smallest absolute Gasteiger partial charge is 0.306 e. The van der Waals surface area contributed by atoms with Crippen LogP contribution in [0.1, 0.15) is 161 Å². The van der Waals surface area contributed by atoms with E-state index in [0.717, 1.165) is 42.7 Å². The van der Waals surface area contributed by atoms with E-state index in [2.05, 4.69) is 86.6 Å². The van der Waals surface area contributed by atoms with Gasteiger partial charge in [0.1, 0.15) is 11.9 Å². The average molecular weight is 641 g/mol. The van der Waals surface area contributed by atoms with Crippen molar-refractivity contribution in [2.45, 2.75) is 155 Å². The molecule has 3 aromatic rings. The summed E-state index contributed by atoms with van der Waals surface area (Å²) in [5.74, 6) is 0.846. The van der Waals surface area contributed by atoms with E-state index in [1.807, 2.05) is 6.92 Å². The van der Waals surface area contributed by atoms with E-state index in [1.165, 1.54) is 119 Å². The lowest BCUT2D eigenvalue weighted by Crippen LogP contribution is -2.08. The van der Waals surface area contributed by atoms with Crippen LogP contribution in [0.4, 0.5) is 0 Å². The molecular formula is C44H64O3. The number of rotatable bonds is 26. The van der Waals surface area contributed by atoms with E-state index in [0.29, 0.717) is 6.42 Å². The highest BCUT2D eigenvalue weighted by atomic mass is 16.5. The van der Waals surface area contributed by atoms with Crippen molar-refractivity contribution in [2.24, 2.45) is 0 Å². The molecule has 0 amide bonds. The molecule has 3 heteroatoms. The summed E-state index contributed by atoms with van der Waals surface area (Å²) in [4.78, 5) is 12.5. The number of unbranched alkanes of at least 4 members (excludes halogenated alkanes) is 17. The molecule has 3 aromatic carbocycles. The van der Waals surface area contributed by atoms with Gasteiger partial charge in [-0.25, -0.2) is 0 Å². The minimum atomic E-state index is -0.252. The van der Waals surface area contributed by atoms with Crippen LogP contribution in [0.3, 0.4) is 0 Å². The van der Waals surface area contributed by atoms with Crippen LogP contribution >= 0.6 is 0 Å². The number of carbonyl (C=O) groups is 1. The normalized spacial score (nSPS) is 11.8. The molecule has 0 spiro atoms. The Morgan fingerprint density at radius 2 is 0.957 bits per heavy atom. The quantitative estimate of drug-likeness (QED) is 0.0647. The van der Waals surface area contributed by atoms with E-state index in [4.69, 9.17) is 9.47 Å². The molecule has 0 fully saturated rings. The first-order valence-electron chi connectivity index (χ1n) is 19.2. The maximum atomic E-state index is 12.5. The van der Waals surface area contributed by atoms with Gasteiger partial charge in [0.15, 0.2) is 0 Å². The van der Waals surface area contributed by atoms with Gasteiger partial charge in [0.25, 0.3) is 0 Å². The molecule has 3 nitrogen and oxygen atoms in total. The SMILES string of the molecule is CCCCCCCCCCCCC(=O)OC(C)c1ccc(-c2ccccc2-c2ccc(OCCCCCCCCCCC)cc2)cc1. The molecule has 0 aliphatic heterocycles. The molecule has 258 valence electrons. The second-order valence-electron chi connectivity index (χ2n) is 13.4. The lowest BCUT2D eigenvalue weighted by atomic mass is 9.93. The molecule has 0 aliphatic rings. The van der Waals surface area contributed by atoms with E-state index in [1.54, 1.807) is 0 Å². The van der Waals surface area contributed by atoms with Crippen molar-refractivity contribution in [1.29, 1.82) is 0 Å². The zero-order valence-electron chi connectivity index (χ0n) is 30.1. The fourth-order valence-electron chi connectivity index (χ4n) is 6.33. The van der Waals surface area contributed by atoms with Gasteiger partial charge < -0.3 is 9.47 Å². The van der Waals surface area contributed by atoms with Crippen LogP contribution in [0.2, 0.25) is 0 Å². The van der Waals surface area contributed by atoms with Crippen LogP contribution in [0.25, 0.3) is 22.3 Å². The Morgan fingerprint density at radius 3 is 1.45 bits per heavy atom. The van der Waals surface area contributed by atoms with Gasteiger partial charge in [-0.05, 0) is 59.7 Å². The summed E-state index contributed by atoms with van der Waals surface area (Å²) in [6, 6.07) is 25.5. The van der Waals surface area contributed by atoms with E-state index < -0.39 is 0 Å². The van der Waals surface area contributed by atoms with Gasteiger partial charge in [0, 0.05) is 6.42 Å². The summed E-state index contributed by atoms with van der Waals surface area (Å²) in [6.45, 7) is 7.29. The lowest BCUT2D eigenvalue weighted by Gasteiger charge is -2.15. The first kappa shape index (κ1) is 38.4. The highest BCUT2D eigenvalue weighted by molar-refractivity contribution is 5.83. The van der Waals surface area contributed by atoms with Crippen molar-refractivity contribution < 1.29 is 14.3 Å². The molecule has 1 unspecified atom stereocenters. The molecule has 0 N–H and O–H groups in total. The highest BCUT2D eigenvalue weighted by Crippen LogP contribution is 2.34. The number of hydrogen-bond acceptors (Lipinski definition) is 3. The van der Waals surface area contributed by atoms with E-state index >= 15 is 0 Å². The maximum Gasteiger partial charge on any atom is 0.306 e. The van der Waals surface area contributed by atoms with Crippen LogP contribution in [-0.2, 0) is 9.53 Å². The largest absolute Gasteiger partial charge is 0.494 e. The first-order chi connectivity index (χ1) is 23.1. The third kappa shape index (κ3) is 15.6. The Balaban J connectivity index is 1.40. The molecule has 0 radical (unpaired) electrons. The van der Waals surface area contributed by atoms with Crippen LogP contribution in [-0.4, -0.2) is 12.6 Å². The highest BCUT2D eigenvalue weighted by Gasteiger charge is 2.13. The molecule has 47 heavy (non-hydrogen) atoms. The number of carbonyl (C=O) groups excluding carboxylic acids is 1. The van der Waals surface area contributed by atoms with Gasteiger partial charge in [-0.1, -0.05) is 184 Å². The fraction of sp³-hybridized carbons (Fsp3) is 0.568. The van der Waals surface area contributed by atoms with Gasteiger partial charge in [-0.2, -0.15) is 0 Å². The molecule has 0 aliphatic carbocycles. The van der Waals surface area contributed by atoms with Crippen LogP contribution in [0.5, 0.6) is 5.75 Å². The first-order valence-corrected chi connectivity index (χ1v) is 19.2. The zero-order chi connectivity index (χ0) is 33.4. The number of ether oxygens (including phenoxy) is 2. The van der Waals surface area contributed by atoms with Crippen molar-refractivity contribution in [2.75, 3.05) is 6.61 Å². The standard InChI is InChI=1S/C44H64O3/c1-4-6-8-10-12-14-15-17-19-21-27-44(45)47-37(3)38-28-30-39(31-29-38)42-25-22-23-26-43(42)40-32-34-41(35-33-40)46-36-24-20-18-16-13-11-9-7-5-2/h22-23,25-26,28-35,37H,4-21,24,27,36H2,1-3H3. The van der Waals surface area contributed by atoms with E-state index in [9.17, 15) is 4.79 Å². The third-order valence-electron chi connectivity index (χ3n) is 9.34. The van der Waals surface area contributed by atoms with Crippen LogP contribution in [0, 0.1) is 0 Å². The zero-order valence-corrected chi connectivity index (χ0v) is 30.1. The van der Waals surface area contributed by atoms with Gasteiger partial charge in [-0.3, -0.25) is 4.79 Å².